The highest BCUT2D eigenvalue weighted by atomic mass is 16.6. The first-order valence-electron chi connectivity index (χ1n) is 12.5. The molecule has 2 atom stereocenters. The molecule has 1 aliphatic rings. The first-order valence-corrected chi connectivity index (χ1v) is 12.5. The van der Waals surface area contributed by atoms with Gasteiger partial charge in [-0.2, -0.15) is 0 Å². The zero-order chi connectivity index (χ0) is 22.0. The van der Waals surface area contributed by atoms with Crippen molar-refractivity contribution in [2.24, 2.45) is 0 Å². The molecule has 0 aromatic heterocycles. The van der Waals surface area contributed by atoms with E-state index < -0.39 is 6.00 Å². The molecule has 0 fully saturated rings. The summed E-state index contributed by atoms with van der Waals surface area (Å²) < 4.78 is 22.8. The van der Waals surface area contributed by atoms with E-state index in [1.54, 1.807) is 7.11 Å². The molecule has 1 aliphatic heterocycles. The van der Waals surface area contributed by atoms with Crippen LogP contribution in [0.4, 0.5) is 0 Å². The van der Waals surface area contributed by atoms with Crippen molar-refractivity contribution in [3.63, 3.8) is 0 Å². The third-order valence-corrected chi connectivity index (χ3v) is 5.67. The Morgan fingerprint density at radius 1 is 0.833 bits per heavy atom. The minimum Gasteiger partial charge on any atom is -0.496 e. The van der Waals surface area contributed by atoms with Gasteiger partial charge >= 0.3 is 0 Å². The lowest BCUT2D eigenvalue weighted by Gasteiger charge is -2.18. The smallest absolute Gasteiger partial charge is 0.167 e. The SMILES string of the molecule is [B][C@@H]1OC(COC(C)C)=C(OC)C1OCCCCCCCCCCCCCCCC. The summed E-state index contributed by atoms with van der Waals surface area (Å²) in [5, 5.41) is 0. The van der Waals surface area contributed by atoms with Gasteiger partial charge in [0.2, 0.25) is 0 Å². The van der Waals surface area contributed by atoms with Crippen molar-refractivity contribution >= 4 is 7.85 Å². The average molecular weight is 422 g/mol. The predicted octanol–water partition coefficient (Wildman–Crippen LogP) is 6.66. The highest BCUT2D eigenvalue weighted by Gasteiger charge is 2.35. The second-order valence-corrected chi connectivity index (χ2v) is 8.82. The Morgan fingerprint density at radius 2 is 1.33 bits per heavy atom. The quantitative estimate of drug-likeness (QED) is 0.162. The van der Waals surface area contributed by atoms with E-state index in [0.717, 1.165) is 6.42 Å². The van der Waals surface area contributed by atoms with Gasteiger partial charge in [-0.15, -0.1) is 0 Å². The van der Waals surface area contributed by atoms with Crippen LogP contribution < -0.4 is 0 Å². The van der Waals surface area contributed by atoms with Crippen molar-refractivity contribution < 1.29 is 18.9 Å². The Morgan fingerprint density at radius 3 is 1.80 bits per heavy atom. The maximum Gasteiger partial charge on any atom is 0.167 e. The Balaban J connectivity index is 1.99. The molecule has 0 N–H and O–H groups in total. The number of hydrogen-bond acceptors (Lipinski definition) is 4. The predicted molar refractivity (Wildman–Crippen MR) is 126 cm³/mol. The van der Waals surface area contributed by atoms with Crippen molar-refractivity contribution in [3.8, 4) is 0 Å². The largest absolute Gasteiger partial charge is 0.496 e. The maximum absolute atomic E-state index is 6.08. The summed E-state index contributed by atoms with van der Waals surface area (Å²) >= 11 is 0. The standard InChI is InChI=1S/C25H47BO4/c1-5-6-7-8-9-10-11-12-13-14-15-16-17-18-19-28-24-23(27-4)22(30-25(24)26)20-29-21(2)3/h21,24-25H,5-20H2,1-4H3/t24?,25-/m1/s1. The lowest BCUT2D eigenvalue weighted by atomic mass is 9.94. The van der Waals surface area contributed by atoms with Gasteiger partial charge in [-0.25, -0.2) is 0 Å². The van der Waals surface area contributed by atoms with E-state index in [-0.39, 0.29) is 12.2 Å². The van der Waals surface area contributed by atoms with Crippen LogP contribution in [0.1, 0.15) is 111 Å². The first-order chi connectivity index (χ1) is 14.6. The number of rotatable bonds is 20. The van der Waals surface area contributed by atoms with Gasteiger partial charge in [-0.1, -0.05) is 90.4 Å². The summed E-state index contributed by atoms with van der Waals surface area (Å²) in [5.41, 5.74) is 0. The normalized spacial score (nSPS) is 19.0. The molecule has 0 aromatic carbocycles. The Bertz CT molecular complexity index is 439. The zero-order valence-corrected chi connectivity index (χ0v) is 20.3. The minimum atomic E-state index is -0.516. The zero-order valence-electron chi connectivity index (χ0n) is 20.3. The number of methoxy groups -OCH3 is 1. The number of ether oxygens (including phenoxy) is 4. The van der Waals surface area contributed by atoms with Crippen LogP contribution in [0, 0.1) is 0 Å². The molecule has 174 valence electrons. The molecule has 0 bridgehead atoms. The van der Waals surface area contributed by atoms with Gasteiger partial charge in [0.05, 0.1) is 19.2 Å². The van der Waals surface area contributed by atoms with E-state index >= 15 is 0 Å². The average Bonchev–Trinajstić information content (AvgIpc) is 3.03. The summed E-state index contributed by atoms with van der Waals surface area (Å²) in [6.45, 7) is 7.32. The van der Waals surface area contributed by atoms with Gasteiger partial charge in [-0.05, 0) is 20.3 Å². The number of hydrogen-bond donors (Lipinski definition) is 0. The van der Waals surface area contributed by atoms with Crippen molar-refractivity contribution in [1.82, 2.24) is 0 Å². The molecule has 1 heterocycles. The Kier molecular flexibility index (Phi) is 16.4. The molecule has 0 saturated heterocycles. The summed E-state index contributed by atoms with van der Waals surface area (Å²) in [7, 11) is 7.71. The number of unbranched alkanes of at least 4 members (excludes halogenated alkanes) is 13. The van der Waals surface area contributed by atoms with E-state index in [9.17, 15) is 0 Å². The fourth-order valence-electron chi connectivity index (χ4n) is 3.85. The molecular weight excluding hydrogens is 375 g/mol. The molecule has 4 nitrogen and oxygen atoms in total. The third-order valence-electron chi connectivity index (χ3n) is 5.67. The van der Waals surface area contributed by atoms with Crippen LogP contribution in [0.3, 0.4) is 0 Å². The fraction of sp³-hybridized carbons (Fsp3) is 0.920. The second kappa shape index (κ2) is 18.0. The lowest BCUT2D eigenvalue weighted by Crippen LogP contribution is -2.28. The molecule has 30 heavy (non-hydrogen) atoms. The van der Waals surface area contributed by atoms with Crippen molar-refractivity contribution in [1.29, 1.82) is 0 Å². The van der Waals surface area contributed by atoms with Crippen molar-refractivity contribution in [2.45, 2.75) is 129 Å². The van der Waals surface area contributed by atoms with E-state index in [1.807, 2.05) is 13.8 Å². The van der Waals surface area contributed by atoms with E-state index in [4.69, 9.17) is 26.8 Å². The summed E-state index contributed by atoms with van der Waals surface area (Å²) in [6.07, 6.45) is 18.7. The first kappa shape index (κ1) is 27.4. The van der Waals surface area contributed by atoms with Crippen LogP contribution in [0.15, 0.2) is 11.5 Å². The third kappa shape index (κ3) is 12.2. The molecule has 0 saturated carbocycles. The van der Waals surface area contributed by atoms with Gasteiger partial charge in [0.25, 0.3) is 0 Å². The van der Waals surface area contributed by atoms with Crippen LogP contribution in [0.25, 0.3) is 0 Å². The molecule has 0 aromatic rings. The molecule has 1 rings (SSSR count). The van der Waals surface area contributed by atoms with Crippen LogP contribution in [-0.4, -0.2) is 46.4 Å². The Hall–Kier alpha value is -0.675. The van der Waals surface area contributed by atoms with Gasteiger partial charge in [0, 0.05) is 6.61 Å². The topological polar surface area (TPSA) is 36.9 Å². The van der Waals surface area contributed by atoms with Gasteiger partial charge < -0.3 is 18.9 Å². The van der Waals surface area contributed by atoms with Gasteiger partial charge in [0.15, 0.2) is 11.5 Å². The van der Waals surface area contributed by atoms with Crippen LogP contribution in [0.5, 0.6) is 0 Å². The maximum atomic E-state index is 6.08. The summed E-state index contributed by atoms with van der Waals surface area (Å²) in [5.74, 6) is 1.33. The molecule has 5 heteroatoms. The fourth-order valence-corrected chi connectivity index (χ4v) is 3.85. The highest BCUT2D eigenvalue weighted by molar-refractivity contribution is 6.12. The van der Waals surface area contributed by atoms with Crippen LogP contribution in [0.2, 0.25) is 0 Å². The van der Waals surface area contributed by atoms with E-state index in [0.29, 0.717) is 24.7 Å². The molecular formula is C25H47BO4. The van der Waals surface area contributed by atoms with E-state index in [2.05, 4.69) is 6.92 Å². The molecule has 1 unspecified atom stereocenters. The molecule has 0 aliphatic carbocycles. The highest BCUT2D eigenvalue weighted by Crippen LogP contribution is 2.28. The van der Waals surface area contributed by atoms with Gasteiger partial charge in [-0.3, -0.25) is 0 Å². The van der Waals surface area contributed by atoms with Crippen molar-refractivity contribution in [2.75, 3.05) is 20.3 Å². The summed E-state index contributed by atoms with van der Waals surface area (Å²) in [6, 6.07) is -0.516. The second-order valence-electron chi connectivity index (χ2n) is 8.82. The molecule has 0 spiro atoms. The molecule has 0 amide bonds. The van der Waals surface area contributed by atoms with Gasteiger partial charge in [0.1, 0.15) is 20.6 Å². The van der Waals surface area contributed by atoms with E-state index in [1.165, 1.54) is 83.5 Å². The van der Waals surface area contributed by atoms with Crippen molar-refractivity contribution in [3.05, 3.63) is 11.5 Å². The Labute approximate surface area is 187 Å². The van der Waals surface area contributed by atoms with Crippen LogP contribution in [-0.2, 0) is 18.9 Å². The van der Waals surface area contributed by atoms with Crippen LogP contribution >= 0.6 is 0 Å². The monoisotopic (exact) mass is 422 g/mol. The minimum absolute atomic E-state index is 0.131. The lowest BCUT2D eigenvalue weighted by molar-refractivity contribution is 0.00465. The molecule has 2 radical (unpaired) electrons. The summed E-state index contributed by atoms with van der Waals surface area (Å²) in [4.78, 5) is 0.